The zero-order chi connectivity index (χ0) is 26.3. The van der Waals surface area contributed by atoms with E-state index in [0.29, 0.717) is 0 Å². The van der Waals surface area contributed by atoms with Crippen molar-refractivity contribution in [3.8, 4) is 33.6 Å². The van der Waals surface area contributed by atoms with E-state index in [-0.39, 0.29) is 0 Å². The van der Waals surface area contributed by atoms with E-state index in [4.69, 9.17) is 4.98 Å². The number of benzene rings is 5. The zero-order valence-corrected chi connectivity index (χ0v) is 21.8. The molecule has 0 atom stereocenters. The van der Waals surface area contributed by atoms with Crippen molar-refractivity contribution >= 4 is 5.69 Å². The molecule has 0 aliphatic rings. The van der Waals surface area contributed by atoms with Crippen LogP contribution in [0.2, 0.25) is 0 Å². The first-order chi connectivity index (χ1) is 19.3. The summed E-state index contributed by atoms with van der Waals surface area (Å²) in [6.07, 6.45) is 0. The molecule has 2 heteroatoms. The van der Waals surface area contributed by atoms with Gasteiger partial charge in [-0.05, 0) is 46.5 Å². The van der Waals surface area contributed by atoms with Gasteiger partial charge in [-0.15, -0.1) is 0 Å². The highest BCUT2D eigenvalue weighted by Gasteiger charge is 2.12. The predicted octanol–water partition coefficient (Wildman–Crippen LogP) is 9.29. The van der Waals surface area contributed by atoms with E-state index < -0.39 is 0 Å². The number of rotatable bonds is 8. The molecule has 0 unspecified atom stereocenters. The minimum atomic E-state index is 0.848. The van der Waals surface area contributed by atoms with Crippen molar-refractivity contribution in [3.63, 3.8) is 0 Å². The van der Waals surface area contributed by atoms with Crippen molar-refractivity contribution in [1.29, 1.82) is 0 Å². The van der Waals surface area contributed by atoms with Crippen LogP contribution in [0.25, 0.3) is 33.6 Å². The summed E-state index contributed by atoms with van der Waals surface area (Å²) < 4.78 is 0. The lowest BCUT2D eigenvalue weighted by atomic mass is 9.99. The quantitative estimate of drug-likeness (QED) is 0.206. The average molecular weight is 503 g/mol. The molecule has 0 amide bonds. The van der Waals surface area contributed by atoms with Gasteiger partial charge in [0.05, 0.1) is 11.4 Å². The van der Waals surface area contributed by atoms with Gasteiger partial charge in [0.1, 0.15) is 0 Å². The van der Waals surface area contributed by atoms with Crippen LogP contribution in [0.1, 0.15) is 11.1 Å². The normalized spacial score (nSPS) is 10.8. The maximum Gasteiger partial charge on any atom is 0.0715 e. The maximum atomic E-state index is 5.03. The summed E-state index contributed by atoms with van der Waals surface area (Å²) in [5, 5.41) is 0. The molecule has 39 heavy (non-hydrogen) atoms. The standard InChI is InChI=1S/C37H30N2/c1-5-13-29(14-6-1)27-39(28-30-15-7-2-8-16-30)35-23-21-31(22-24-35)34-25-36(32-17-9-3-10-18-32)38-37(26-34)33-19-11-4-12-20-33/h1-26H,27-28H2. The highest BCUT2D eigenvalue weighted by atomic mass is 15.1. The lowest BCUT2D eigenvalue weighted by Crippen LogP contribution is -2.22. The maximum absolute atomic E-state index is 5.03. The Kier molecular flexibility index (Phi) is 7.27. The number of hydrogen-bond acceptors (Lipinski definition) is 2. The minimum Gasteiger partial charge on any atom is -0.363 e. The Morgan fingerprint density at radius 3 is 1.23 bits per heavy atom. The first kappa shape index (κ1) is 24.4. The molecule has 0 N–H and O–H groups in total. The average Bonchev–Trinajstić information content (AvgIpc) is 3.02. The molecular formula is C37H30N2. The van der Waals surface area contributed by atoms with Crippen LogP contribution in [0.15, 0.2) is 158 Å². The van der Waals surface area contributed by atoms with Crippen molar-refractivity contribution < 1.29 is 0 Å². The molecule has 0 aliphatic carbocycles. The molecule has 6 rings (SSSR count). The molecule has 1 aromatic heterocycles. The smallest absolute Gasteiger partial charge is 0.0715 e. The molecule has 0 bridgehead atoms. The van der Waals surface area contributed by atoms with Crippen molar-refractivity contribution in [1.82, 2.24) is 4.98 Å². The molecule has 0 saturated carbocycles. The van der Waals surface area contributed by atoms with Gasteiger partial charge in [-0.2, -0.15) is 0 Å². The van der Waals surface area contributed by atoms with Crippen LogP contribution < -0.4 is 4.90 Å². The van der Waals surface area contributed by atoms with Gasteiger partial charge >= 0.3 is 0 Å². The molecule has 0 radical (unpaired) electrons. The Morgan fingerprint density at radius 2 is 0.795 bits per heavy atom. The molecule has 1 heterocycles. The third kappa shape index (κ3) is 5.97. The Morgan fingerprint density at radius 1 is 0.385 bits per heavy atom. The number of hydrogen-bond donors (Lipinski definition) is 0. The summed E-state index contributed by atoms with van der Waals surface area (Å²) in [5.74, 6) is 0. The molecule has 2 nitrogen and oxygen atoms in total. The second-order valence-electron chi connectivity index (χ2n) is 9.73. The van der Waals surface area contributed by atoms with Gasteiger partial charge in [0.25, 0.3) is 0 Å². The van der Waals surface area contributed by atoms with E-state index in [2.05, 4.69) is 150 Å². The van der Waals surface area contributed by atoms with Gasteiger partial charge in [-0.1, -0.05) is 133 Å². The highest BCUT2D eigenvalue weighted by Crippen LogP contribution is 2.31. The van der Waals surface area contributed by atoms with Crippen LogP contribution in [0.4, 0.5) is 5.69 Å². The van der Waals surface area contributed by atoms with Gasteiger partial charge in [-0.3, -0.25) is 0 Å². The summed E-state index contributed by atoms with van der Waals surface area (Å²) in [6, 6.07) is 55.5. The molecule has 188 valence electrons. The monoisotopic (exact) mass is 502 g/mol. The summed E-state index contributed by atoms with van der Waals surface area (Å²) >= 11 is 0. The van der Waals surface area contributed by atoms with Crippen LogP contribution in [0.3, 0.4) is 0 Å². The molecule has 5 aromatic carbocycles. The second kappa shape index (κ2) is 11.6. The summed E-state index contributed by atoms with van der Waals surface area (Å²) in [6.45, 7) is 1.70. The van der Waals surface area contributed by atoms with Gasteiger partial charge in [-0.25, -0.2) is 4.98 Å². The molecule has 0 fully saturated rings. The largest absolute Gasteiger partial charge is 0.363 e. The third-order valence-electron chi connectivity index (χ3n) is 6.96. The Hall–Kier alpha value is -4.95. The number of pyridine rings is 1. The minimum absolute atomic E-state index is 0.848. The fourth-order valence-corrected chi connectivity index (χ4v) is 4.92. The van der Waals surface area contributed by atoms with Gasteiger partial charge in [0.2, 0.25) is 0 Å². The zero-order valence-electron chi connectivity index (χ0n) is 21.8. The number of nitrogens with zero attached hydrogens (tertiary/aromatic N) is 2. The summed E-state index contributed by atoms with van der Waals surface area (Å²) in [7, 11) is 0. The van der Waals surface area contributed by atoms with Crippen LogP contribution >= 0.6 is 0 Å². The third-order valence-corrected chi connectivity index (χ3v) is 6.96. The van der Waals surface area contributed by atoms with E-state index in [1.54, 1.807) is 0 Å². The lowest BCUT2D eigenvalue weighted by Gasteiger charge is -2.25. The van der Waals surface area contributed by atoms with Crippen molar-refractivity contribution in [2.75, 3.05) is 4.90 Å². The van der Waals surface area contributed by atoms with Gasteiger partial charge in [0.15, 0.2) is 0 Å². The first-order valence-corrected chi connectivity index (χ1v) is 13.4. The molecule has 0 aliphatic heterocycles. The van der Waals surface area contributed by atoms with Crippen LogP contribution in [0.5, 0.6) is 0 Å². The molecule has 0 spiro atoms. The van der Waals surface area contributed by atoms with Crippen molar-refractivity contribution in [2.45, 2.75) is 13.1 Å². The van der Waals surface area contributed by atoms with Gasteiger partial charge < -0.3 is 4.90 Å². The van der Waals surface area contributed by atoms with Crippen molar-refractivity contribution in [3.05, 3.63) is 169 Å². The summed E-state index contributed by atoms with van der Waals surface area (Å²) in [5.41, 5.74) is 10.3. The van der Waals surface area contributed by atoms with Gasteiger partial charge in [0, 0.05) is 29.9 Å². The van der Waals surface area contributed by atoms with Crippen LogP contribution in [0, 0.1) is 0 Å². The van der Waals surface area contributed by atoms with E-state index in [9.17, 15) is 0 Å². The highest BCUT2D eigenvalue weighted by molar-refractivity contribution is 5.77. The molecule has 0 saturated heterocycles. The topological polar surface area (TPSA) is 16.1 Å². The Balaban J connectivity index is 1.36. The van der Waals surface area contributed by atoms with E-state index in [1.165, 1.54) is 22.4 Å². The SMILES string of the molecule is c1ccc(CN(Cc2ccccc2)c2ccc(-c3cc(-c4ccccc4)nc(-c4ccccc4)c3)cc2)cc1. The Bertz CT molecular complexity index is 1510. The van der Waals surface area contributed by atoms with E-state index in [0.717, 1.165) is 41.2 Å². The second-order valence-corrected chi connectivity index (χ2v) is 9.73. The predicted molar refractivity (Wildman–Crippen MR) is 163 cm³/mol. The van der Waals surface area contributed by atoms with Crippen molar-refractivity contribution in [2.24, 2.45) is 0 Å². The Labute approximate surface area is 230 Å². The van der Waals surface area contributed by atoms with Crippen LogP contribution in [-0.2, 0) is 13.1 Å². The first-order valence-electron chi connectivity index (χ1n) is 13.4. The fraction of sp³-hybridized carbons (Fsp3) is 0.0541. The van der Waals surface area contributed by atoms with E-state index in [1.807, 2.05) is 12.1 Å². The van der Waals surface area contributed by atoms with Crippen LogP contribution in [-0.4, -0.2) is 4.98 Å². The van der Waals surface area contributed by atoms with E-state index >= 15 is 0 Å². The summed E-state index contributed by atoms with van der Waals surface area (Å²) in [4.78, 5) is 7.47. The number of aromatic nitrogens is 1. The molecular weight excluding hydrogens is 472 g/mol. The lowest BCUT2D eigenvalue weighted by molar-refractivity contribution is 0.800. The number of anilines is 1. The fourth-order valence-electron chi connectivity index (χ4n) is 4.92. The molecule has 6 aromatic rings.